The Morgan fingerprint density at radius 1 is 1.33 bits per heavy atom. The van der Waals surface area contributed by atoms with Crippen LogP contribution in [-0.2, 0) is 9.53 Å². The Kier molecular flexibility index (Phi) is 3.55. The van der Waals surface area contributed by atoms with Crippen LogP contribution in [0.3, 0.4) is 0 Å². The van der Waals surface area contributed by atoms with E-state index in [9.17, 15) is 18.0 Å². The number of halogens is 3. The van der Waals surface area contributed by atoms with Crippen molar-refractivity contribution in [2.45, 2.75) is 33.1 Å². The van der Waals surface area contributed by atoms with E-state index in [4.69, 9.17) is 0 Å². The van der Waals surface area contributed by atoms with E-state index >= 15 is 0 Å². The van der Waals surface area contributed by atoms with Crippen molar-refractivity contribution in [2.24, 2.45) is 5.92 Å². The second kappa shape index (κ2) is 3.78. The molecule has 0 spiro atoms. The van der Waals surface area contributed by atoms with Gasteiger partial charge in [0.05, 0.1) is 0 Å². The third-order valence-corrected chi connectivity index (χ3v) is 1.22. The van der Waals surface area contributed by atoms with Crippen molar-refractivity contribution in [3.8, 4) is 0 Å². The molecule has 5 heteroatoms. The van der Waals surface area contributed by atoms with E-state index in [0.717, 1.165) is 6.92 Å². The Morgan fingerprint density at radius 2 is 1.75 bits per heavy atom. The van der Waals surface area contributed by atoms with Crippen molar-refractivity contribution in [1.29, 1.82) is 0 Å². The number of ether oxygens (including phenoxy) is 1. The summed E-state index contributed by atoms with van der Waals surface area (Å²) in [6.07, 6.45) is -6.46. The maximum atomic E-state index is 12.1. The molecule has 0 saturated carbocycles. The molecule has 0 aromatic rings. The normalized spacial score (nSPS) is 14.6. The molecule has 2 nitrogen and oxygen atoms in total. The first-order valence-corrected chi connectivity index (χ1v) is 3.49. The first kappa shape index (κ1) is 11.3. The zero-order valence-corrected chi connectivity index (χ0v) is 7.11. The van der Waals surface area contributed by atoms with Crippen LogP contribution in [0.2, 0.25) is 0 Å². The average Bonchev–Trinajstić information content (AvgIpc) is 1.79. The number of carbonyl (C=O) groups is 1. The predicted molar refractivity (Wildman–Crippen MR) is 36.4 cm³/mol. The molecule has 72 valence electrons. The molecule has 1 atom stereocenters. The Balaban J connectivity index is 4.35. The van der Waals surface area contributed by atoms with Gasteiger partial charge in [-0.2, -0.15) is 13.2 Å². The highest BCUT2D eigenvalue weighted by Crippen LogP contribution is 2.28. The summed E-state index contributed by atoms with van der Waals surface area (Å²) in [5.41, 5.74) is 0. The van der Waals surface area contributed by atoms with Gasteiger partial charge in [0, 0.05) is 6.92 Å². The molecule has 1 unspecified atom stereocenters. The first-order valence-electron chi connectivity index (χ1n) is 3.49. The molecule has 0 aliphatic carbocycles. The van der Waals surface area contributed by atoms with E-state index in [0.29, 0.717) is 0 Å². The predicted octanol–water partition coefficient (Wildman–Crippen LogP) is 2.14. The molecule has 0 aliphatic rings. The Labute approximate surface area is 68.7 Å². The fourth-order valence-corrected chi connectivity index (χ4v) is 0.760. The zero-order valence-electron chi connectivity index (χ0n) is 7.11. The van der Waals surface area contributed by atoms with Gasteiger partial charge in [-0.05, 0) is 5.92 Å². The third-order valence-electron chi connectivity index (χ3n) is 1.22. The highest BCUT2D eigenvalue weighted by molar-refractivity contribution is 5.66. The molecule has 0 aliphatic heterocycles. The van der Waals surface area contributed by atoms with E-state index in [1.165, 1.54) is 13.8 Å². The summed E-state index contributed by atoms with van der Waals surface area (Å²) in [5, 5.41) is 0. The Morgan fingerprint density at radius 3 is 1.83 bits per heavy atom. The van der Waals surface area contributed by atoms with Gasteiger partial charge in [0.1, 0.15) is 0 Å². The Hall–Kier alpha value is -0.740. The smallest absolute Gasteiger partial charge is 0.425 e. The molecule has 0 fully saturated rings. The maximum Gasteiger partial charge on any atom is 0.425 e. The third kappa shape index (κ3) is 3.59. The number of rotatable bonds is 2. The fraction of sp³-hybridized carbons (Fsp3) is 0.857. The van der Waals surface area contributed by atoms with Crippen LogP contribution in [0.4, 0.5) is 13.2 Å². The molecule has 0 saturated heterocycles. The molecule has 0 radical (unpaired) electrons. The molecular formula is C7H11F3O2. The lowest BCUT2D eigenvalue weighted by Gasteiger charge is -2.22. The summed E-state index contributed by atoms with van der Waals surface area (Å²) in [6, 6.07) is 0. The number of carbonyl (C=O) groups excluding carboxylic acids is 1. The van der Waals surface area contributed by atoms with Gasteiger partial charge >= 0.3 is 12.1 Å². The second-order valence-electron chi connectivity index (χ2n) is 2.82. The van der Waals surface area contributed by atoms with Gasteiger partial charge in [0.15, 0.2) is 6.10 Å². The van der Waals surface area contributed by atoms with E-state index in [2.05, 4.69) is 4.74 Å². The lowest BCUT2D eigenvalue weighted by Crippen LogP contribution is -2.37. The average molecular weight is 184 g/mol. The summed E-state index contributed by atoms with van der Waals surface area (Å²) in [5.74, 6) is -1.67. The zero-order chi connectivity index (χ0) is 9.94. The summed E-state index contributed by atoms with van der Waals surface area (Å²) in [4.78, 5) is 10.3. The van der Waals surface area contributed by atoms with Crippen LogP contribution < -0.4 is 0 Å². The minimum absolute atomic E-state index is 0.756. The van der Waals surface area contributed by atoms with Crippen molar-refractivity contribution in [1.82, 2.24) is 0 Å². The number of hydrogen-bond acceptors (Lipinski definition) is 2. The minimum atomic E-state index is -4.47. The van der Waals surface area contributed by atoms with Crippen LogP contribution in [0.25, 0.3) is 0 Å². The van der Waals surface area contributed by atoms with Gasteiger partial charge in [-0.15, -0.1) is 0 Å². The SMILES string of the molecule is CC(=O)OC(C(C)C)C(F)(F)F. The van der Waals surface area contributed by atoms with Gasteiger partial charge in [-0.1, -0.05) is 13.8 Å². The van der Waals surface area contributed by atoms with Crippen molar-refractivity contribution in [2.75, 3.05) is 0 Å². The van der Waals surface area contributed by atoms with Crippen LogP contribution in [0.1, 0.15) is 20.8 Å². The summed E-state index contributed by atoms with van der Waals surface area (Å²) < 4.78 is 40.3. The topological polar surface area (TPSA) is 26.3 Å². The summed E-state index contributed by atoms with van der Waals surface area (Å²) in [7, 11) is 0. The molecule has 0 N–H and O–H groups in total. The van der Waals surface area contributed by atoms with Crippen molar-refractivity contribution in [3.63, 3.8) is 0 Å². The molecule has 0 aromatic carbocycles. The second-order valence-corrected chi connectivity index (χ2v) is 2.82. The van der Waals surface area contributed by atoms with Crippen molar-refractivity contribution >= 4 is 5.97 Å². The van der Waals surface area contributed by atoms with Gasteiger partial charge in [-0.3, -0.25) is 4.79 Å². The van der Waals surface area contributed by atoms with E-state index in [1.54, 1.807) is 0 Å². The largest absolute Gasteiger partial charge is 0.453 e. The lowest BCUT2D eigenvalue weighted by atomic mass is 10.1. The van der Waals surface area contributed by atoms with Crippen LogP contribution in [-0.4, -0.2) is 18.2 Å². The molecule has 0 amide bonds. The van der Waals surface area contributed by atoms with E-state index in [1.807, 2.05) is 0 Å². The van der Waals surface area contributed by atoms with Gasteiger partial charge < -0.3 is 4.74 Å². The summed E-state index contributed by atoms with van der Waals surface area (Å²) in [6.45, 7) is 3.66. The maximum absolute atomic E-state index is 12.1. The monoisotopic (exact) mass is 184 g/mol. The number of esters is 1. The molecule has 0 heterocycles. The van der Waals surface area contributed by atoms with Gasteiger partial charge in [0.2, 0.25) is 0 Å². The van der Waals surface area contributed by atoms with Crippen LogP contribution in [0.5, 0.6) is 0 Å². The van der Waals surface area contributed by atoms with Crippen molar-refractivity contribution < 1.29 is 22.7 Å². The standard InChI is InChI=1S/C7H11F3O2/c1-4(2)6(7(8,9)10)12-5(3)11/h4,6H,1-3H3. The fourth-order valence-electron chi connectivity index (χ4n) is 0.760. The highest BCUT2D eigenvalue weighted by atomic mass is 19.4. The van der Waals surface area contributed by atoms with Crippen LogP contribution >= 0.6 is 0 Å². The first-order chi connectivity index (χ1) is 5.25. The van der Waals surface area contributed by atoms with E-state index in [-0.39, 0.29) is 0 Å². The molecule has 0 rings (SSSR count). The highest BCUT2D eigenvalue weighted by Gasteiger charge is 2.44. The minimum Gasteiger partial charge on any atom is -0.453 e. The van der Waals surface area contributed by atoms with Gasteiger partial charge in [0.25, 0.3) is 0 Å². The number of alkyl halides is 3. The number of hydrogen-bond donors (Lipinski definition) is 0. The van der Waals surface area contributed by atoms with Gasteiger partial charge in [-0.25, -0.2) is 0 Å². The molecule has 0 aromatic heterocycles. The molecular weight excluding hydrogens is 173 g/mol. The molecule has 12 heavy (non-hydrogen) atoms. The lowest BCUT2D eigenvalue weighted by molar-refractivity contribution is -0.230. The van der Waals surface area contributed by atoms with Crippen molar-refractivity contribution in [3.05, 3.63) is 0 Å². The quantitative estimate of drug-likeness (QED) is 0.614. The van der Waals surface area contributed by atoms with Crippen LogP contribution in [0.15, 0.2) is 0 Å². The van der Waals surface area contributed by atoms with Crippen LogP contribution in [0, 0.1) is 5.92 Å². The molecule has 0 bridgehead atoms. The Bertz CT molecular complexity index is 163. The van der Waals surface area contributed by atoms with E-state index < -0.39 is 24.2 Å². The summed E-state index contributed by atoms with van der Waals surface area (Å²) >= 11 is 0.